The van der Waals surface area contributed by atoms with Gasteiger partial charge in [-0.25, -0.2) is 0 Å². The summed E-state index contributed by atoms with van der Waals surface area (Å²) in [4.78, 5) is 14.0. The van der Waals surface area contributed by atoms with Crippen LogP contribution in [-0.4, -0.2) is 23.4 Å². The number of nitrogens with zero attached hydrogens (tertiary/aromatic N) is 1. The van der Waals surface area contributed by atoms with E-state index in [0.29, 0.717) is 11.9 Å². The summed E-state index contributed by atoms with van der Waals surface area (Å²) >= 11 is 9.75. The molecule has 2 aliphatic rings. The minimum atomic E-state index is 0.336. The Balaban J connectivity index is 1.68. The van der Waals surface area contributed by atoms with E-state index in [2.05, 4.69) is 33.0 Å². The Morgan fingerprint density at radius 2 is 2.24 bits per heavy atom. The van der Waals surface area contributed by atoms with Gasteiger partial charge in [-0.3, -0.25) is 4.79 Å². The van der Waals surface area contributed by atoms with Crippen molar-refractivity contribution in [1.29, 1.82) is 0 Å². The lowest BCUT2D eigenvalue weighted by molar-refractivity contribution is -0.129. The lowest BCUT2D eigenvalue weighted by Crippen LogP contribution is -2.37. The maximum atomic E-state index is 11.9. The minimum Gasteiger partial charge on any atom is -0.339 e. The maximum Gasteiger partial charge on any atom is 0.222 e. The first-order valence-corrected chi connectivity index (χ1v) is 8.72. The normalized spacial score (nSPS) is 22.6. The molecule has 0 aromatic heterocycles. The van der Waals surface area contributed by atoms with E-state index in [1.165, 1.54) is 11.1 Å². The fraction of sp³-hybridized carbons (Fsp3) is 0.471. The van der Waals surface area contributed by atoms with Crippen LogP contribution in [0.5, 0.6) is 0 Å². The lowest BCUT2D eigenvalue weighted by atomic mass is 9.90. The topological polar surface area (TPSA) is 20.3 Å². The average molecular weight is 369 g/mol. The Labute approximate surface area is 139 Å². The van der Waals surface area contributed by atoms with Crippen molar-refractivity contribution in [3.05, 3.63) is 44.9 Å². The molecule has 1 atom stereocenters. The summed E-state index contributed by atoms with van der Waals surface area (Å²) in [6.45, 7) is 0.940. The van der Waals surface area contributed by atoms with Gasteiger partial charge in [-0.1, -0.05) is 45.2 Å². The molecule has 1 aromatic rings. The molecule has 112 valence electrons. The van der Waals surface area contributed by atoms with Crippen LogP contribution in [0.2, 0.25) is 5.02 Å². The summed E-state index contributed by atoms with van der Waals surface area (Å²) in [5.74, 6) is 0.336. The quantitative estimate of drug-likeness (QED) is 0.705. The smallest absolute Gasteiger partial charge is 0.222 e. The Kier molecular flexibility index (Phi) is 4.70. The molecule has 1 aliphatic heterocycles. The fourth-order valence-electron chi connectivity index (χ4n) is 3.34. The molecule has 0 N–H and O–H groups in total. The lowest BCUT2D eigenvalue weighted by Gasteiger charge is -2.31. The first-order chi connectivity index (χ1) is 10.1. The van der Waals surface area contributed by atoms with Gasteiger partial charge < -0.3 is 4.90 Å². The van der Waals surface area contributed by atoms with Crippen LogP contribution in [0.25, 0.3) is 0 Å². The highest BCUT2D eigenvalue weighted by Crippen LogP contribution is 2.30. The fourth-order valence-corrected chi connectivity index (χ4v) is 4.08. The zero-order valence-electron chi connectivity index (χ0n) is 11.9. The van der Waals surface area contributed by atoms with Crippen molar-refractivity contribution in [2.45, 2.75) is 44.6 Å². The van der Waals surface area contributed by atoms with Crippen molar-refractivity contribution < 1.29 is 4.79 Å². The van der Waals surface area contributed by atoms with Gasteiger partial charge in [0.2, 0.25) is 5.91 Å². The number of rotatable bonds is 3. The molecule has 1 aromatic carbocycles. The van der Waals surface area contributed by atoms with Crippen LogP contribution >= 0.6 is 27.5 Å². The third-order valence-electron chi connectivity index (χ3n) is 4.41. The van der Waals surface area contributed by atoms with Crippen molar-refractivity contribution in [2.24, 2.45) is 0 Å². The number of hydrogen-bond acceptors (Lipinski definition) is 1. The molecule has 21 heavy (non-hydrogen) atoms. The molecular weight excluding hydrogens is 350 g/mol. The second-order valence-corrected chi connectivity index (χ2v) is 7.22. The van der Waals surface area contributed by atoms with Crippen molar-refractivity contribution in [3.63, 3.8) is 0 Å². The Morgan fingerprint density at radius 3 is 2.95 bits per heavy atom. The Morgan fingerprint density at radius 1 is 1.38 bits per heavy atom. The predicted molar refractivity (Wildman–Crippen MR) is 89.5 cm³/mol. The molecule has 2 nitrogen and oxygen atoms in total. The summed E-state index contributed by atoms with van der Waals surface area (Å²) in [7, 11) is 0. The molecule has 1 fully saturated rings. The van der Waals surface area contributed by atoms with Crippen LogP contribution in [0.15, 0.2) is 34.3 Å². The Hall–Kier alpha value is -0.800. The Bertz CT molecular complexity index is 584. The second kappa shape index (κ2) is 6.53. The summed E-state index contributed by atoms with van der Waals surface area (Å²) in [5, 5.41) is 0.810. The monoisotopic (exact) mass is 367 g/mol. The van der Waals surface area contributed by atoms with Gasteiger partial charge in [-0.05, 0) is 49.8 Å². The number of benzene rings is 1. The molecular formula is C17H19BrClNO. The molecule has 1 amide bonds. The summed E-state index contributed by atoms with van der Waals surface area (Å²) in [6, 6.07) is 6.46. The highest BCUT2D eigenvalue weighted by Gasteiger charge is 2.29. The third kappa shape index (κ3) is 3.51. The molecule has 3 rings (SSSR count). The number of amides is 1. The van der Waals surface area contributed by atoms with E-state index in [4.69, 9.17) is 11.6 Å². The van der Waals surface area contributed by atoms with Crippen LogP contribution in [0.3, 0.4) is 0 Å². The third-order valence-corrected chi connectivity index (χ3v) is 5.26. The summed E-state index contributed by atoms with van der Waals surface area (Å²) < 4.78 is 1.01. The molecule has 4 heteroatoms. The van der Waals surface area contributed by atoms with Crippen molar-refractivity contribution in [2.75, 3.05) is 6.54 Å². The summed E-state index contributed by atoms with van der Waals surface area (Å²) in [5.41, 5.74) is 2.58. The van der Waals surface area contributed by atoms with Gasteiger partial charge in [-0.2, -0.15) is 0 Å². The van der Waals surface area contributed by atoms with Crippen LogP contribution in [0.1, 0.15) is 37.7 Å². The zero-order chi connectivity index (χ0) is 14.8. The van der Waals surface area contributed by atoms with E-state index in [1.54, 1.807) is 0 Å². The molecule has 1 saturated heterocycles. The summed E-state index contributed by atoms with van der Waals surface area (Å²) in [6.07, 6.45) is 8.14. The van der Waals surface area contributed by atoms with Gasteiger partial charge >= 0.3 is 0 Å². The SMILES string of the molecule is O=C1CCCN1C1CCC=C(Cc2ccc(Br)cc2Cl)C1. The molecule has 0 spiro atoms. The molecule has 0 bridgehead atoms. The van der Waals surface area contributed by atoms with Crippen molar-refractivity contribution in [3.8, 4) is 0 Å². The highest BCUT2D eigenvalue weighted by atomic mass is 79.9. The second-order valence-electron chi connectivity index (χ2n) is 5.90. The van der Waals surface area contributed by atoms with Crippen molar-refractivity contribution in [1.82, 2.24) is 4.90 Å². The van der Waals surface area contributed by atoms with Crippen LogP contribution in [0, 0.1) is 0 Å². The number of carbonyl (C=O) groups is 1. The number of halogens is 2. The van der Waals surface area contributed by atoms with Gasteiger partial charge in [0.1, 0.15) is 0 Å². The standard InChI is InChI=1S/C17H19BrClNO/c18-14-7-6-13(16(19)11-14)9-12-3-1-4-15(10-12)20-8-2-5-17(20)21/h3,6-7,11,15H,1-2,4-5,8-10H2. The first kappa shape index (κ1) is 15.1. The zero-order valence-corrected chi connectivity index (χ0v) is 14.3. The molecule has 1 aliphatic carbocycles. The predicted octanol–water partition coefficient (Wildman–Crippen LogP) is 4.75. The van der Waals surface area contributed by atoms with E-state index < -0.39 is 0 Å². The van der Waals surface area contributed by atoms with Crippen LogP contribution < -0.4 is 0 Å². The number of likely N-dealkylation sites (tertiary alicyclic amines) is 1. The van der Waals surface area contributed by atoms with E-state index >= 15 is 0 Å². The van der Waals surface area contributed by atoms with Gasteiger partial charge in [0, 0.05) is 28.5 Å². The molecule has 1 heterocycles. The first-order valence-electron chi connectivity index (χ1n) is 7.55. The van der Waals surface area contributed by atoms with Gasteiger partial charge in [0.05, 0.1) is 0 Å². The number of hydrogen-bond donors (Lipinski definition) is 0. The molecule has 0 radical (unpaired) electrons. The average Bonchev–Trinajstić information content (AvgIpc) is 2.89. The van der Waals surface area contributed by atoms with E-state index in [0.717, 1.165) is 54.6 Å². The largest absolute Gasteiger partial charge is 0.339 e. The van der Waals surface area contributed by atoms with Crippen LogP contribution in [-0.2, 0) is 11.2 Å². The van der Waals surface area contributed by atoms with Gasteiger partial charge in [0.15, 0.2) is 0 Å². The molecule has 0 saturated carbocycles. The van der Waals surface area contributed by atoms with Crippen molar-refractivity contribution >= 4 is 33.4 Å². The number of allylic oxidation sites excluding steroid dienone is 1. The van der Waals surface area contributed by atoms with E-state index in [9.17, 15) is 4.79 Å². The number of carbonyl (C=O) groups excluding carboxylic acids is 1. The molecule has 1 unspecified atom stereocenters. The maximum absolute atomic E-state index is 11.9. The van der Waals surface area contributed by atoms with E-state index in [1.807, 2.05) is 12.1 Å². The minimum absolute atomic E-state index is 0.336. The van der Waals surface area contributed by atoms with Gasteiger partial charge in [0.25, 0.3) is 0 Å². The highest BCUT2D eigenvalue weighted by molar-refractivity contribution is 9.10. The van der Waals surface area contributed by atoms with Crippen LogP contribution in [0.4, 0.5) is 0 Å². The van der Waals surface area contributed by atoms with Gasteiger partial charge in [-0.15, -0.1) is 0 Å². The van der Waals surface area contributed by atoms with E-state index in [-0.39, 0.29) is 0 Å².